The molecular formula is C37H43N3O5S. The molecule has 4 aromatic rings. The predicted molar refractivity (Wildman–Crippen MR) is 182 cm³/mol. The summed E-state index contributed by atoms with van der Waals surface area (Å²) in [4.78, 5) is 48.6. The van der Waals surface area contributed by atoms with Crippen molar-refractivity contribution in [1.29, 1.82) is 0 Å². The van der Waals surface area contributed by atoms with Crippen molar-refractivity contribution >= 4 is 29.0 Å². The number of nitrogens with zero attached hydrogens (tertiary/aromatic N) is 2. The fourth-order valence-electron chi connectivity index (χ4n) is 4.61. The summed E-state index contributed by atoms with van der Waals surface area (Å²) in [6.45, 7) is 14.7. The van der Waals surface area contributed by atoms with E-state index in [4.69, 9.17) is 4.74 Å². The first-order valence-electron chi connectivity index (χ1n) is 15.4. The molecule has 0 saturated carbocycles. The van der Waals surface area contributed by atoms with Crippen LogP contribution >= 0.6 is 11.3 Å². The molecule has 2 aromatic carbocycles. The van der Waals surface area contributed by atoms with E-state index in [0.717, 1.165) is 32.9 Å². The van der Waals surface area contributed by atoms with Crippen LogP contribution in [0.3, 0.4) is 0 Å². The Balaban J connectivity index is 1.45. The van der Waals surface area contributed by atoms with Gasteiger partial charge in [0, 0.05) is 40.7 Å². The van der Waals surface area contributed by atoms with Crippen molar-refractivity contribution in [2.24, 2.45) is 11.3 Å². The van der Waals surface area contributed by atoms with Gasteiger partial charge < -0.3 is 15.2 Å². The number of aromatic nitrogens is 2. The number of thiophene rings is 1. The van der Waals surface area contributed by atoms with Gasteiger partial charge >= 0.3 is 5.97 Å². The lowest BCUT2D eigenvalue weighted by Crippen LogP contribution is -2.42. The van der Waals surface area contributed by atoms with E-state index in [-0.39, 0.29) is 29.5 Å². The Morgan fingerprint density at radius 2 is 1.46 bits per heavy atom. The van der Waals surface area contributed by atoms with Gasteiger partial charge in [0.05, 0.1) is 11.5 Å². The van der Waals surface area contributed by atoms with Crippen LogP contribution < -0.4 is 10.1 Å². The molecular weight excluding hydrogens is 598 g/mol. The molecule has 0 aliphatic heterocycles. The number of hydrogen-bond acceptors (Lipinski definition) is 7. The van der Waals surface area contributed by atoms with Gasteiger partial charge in [-0.15, -0.1) is 11.3 Å². The lowest BCUT2D eigenvalue weighted by molar-refractivity contribution is -0.141. The quantitative estimate of drug-likeness (QED) is 0.153. The second-order valence-corrected chi connectivity index (χ2v) is 15.0. The molecule has 0 saturated heterocycles. The van der Waals surface area contributed by atoms with Gasteiger partial charge in [-0.25, -0.2) is 9.97 Å². The van der Waals surface area contributed by atoms with Crippen LogP contribution in [0.1, 0.15) is 75.0 Å². The summed E-state index contributed by atoms with van der Waals surface area (Å²) < 4.78 is 5.87. The maximum absolute atomic E-state index is 13.3. The Labute approximate surface area is 275 Å². The van der Waals surface area contributed by atoms with Crippen molar-refractivity contribution in [1.82, 2.24) is 15.3 Å². The average Bonchev–Trinajstić information content (AvgIpc) is 3.52. The second kappa shape index (κ2) is 14.4. The molecule has 9 heteroatoms. The van der Waals surface area contributed by atoms with Crippen molar-refractivity contribution in [3.8, 4) is 28.3 Å². The molecule has 0 radical (unpaired) electrons. The SMILES string of the molecule is C[C@@H](NC(=O)[C@@H](CC(=O)c1ccc(C(C)(C)C)s1)Cc1ccc(-c2ncc(-c3ccc(OCC(C)(C)C)cc3)cn2)cc1)C(=O)O. The van der Waals surface area contributed by atoms with Gasteiger partial charge in [-0.3, -0.25) is 14.4 Å². The number of ether oxygens (including phenoxy) is 1. The Morgan fingerprint density at radius 1 is 0.848 bits per heavy atom. The topological polar surface area (TPSA) is 118 Å². The Bertz CT molecular complexity index is 1650. The number of benzene rings is 2. The summed E-state index contributed by atoms with van der Waals surface area (Å²) in [5, 5.41) is 11.9. The minimum atomic E-state index is -1.14. The highest BCUT2D eigenvalue weighted by Gasteiger charge is 2.27. The van der Waals surface area contributed by atoms with Gasteiger partial charge in [0.1, 0.15) is 11.8 Å². The number of carboxylic acids is 1. The molecule has 2 heterocycles. The van der Waals surface area contributed by atoms with E-state index < -0.39 is 23.8 Å². The van der Waals surface area contributed by atoms with E-state index in [1.165, 1.54) is 18.3 Å². The van der Waals surface area contributed by atoms with Crippen LogP contribution in [-0.4, -0.2) is 45.4 Å². The van der Waals surface area contributed by atoms with Gasteiger partial charge in [0.25, 0.3) is 0 Å². The summed E-state index contributed by atoms with van der Waals surface area (Å²) in [5.74, 6) is -1.09. The summed E-state index contributed by atoms with van der Waals surface area (Å²) in [6.07, 6.45) is 3.81. The minimum absolute atomic E-state index is 0.0295. The molecule has 0 aliphatic carbocycles. The van der Waals surface area contributed by atoms with Crippen molar-refractivity contribution in [3.63, 3.8) is 0 Å². The molecule has 46 heavy (non-hydrogen) atoms. The van der Waals surface area contributed by atoms with E-state index in [1.54, 1.807) is 18.5 Å². The highest BCUT2D eigenvalue weighted by molar-refractivity contribution is 7.14. The Kier molecular flexibility index (Phi) is 10.8. The minimum Gasteiger partial charge on any atom is -0.493 e. The van der Waals surface area contributed by atoms with Crippen molar-refractivity contribution in [2.45, 2.75) is 72.8 Å². The number of hydrogen-bond donors (Lipinski definition) is 2. The zero-order chi connectivity index (χ0) is 33.6. The first kappa shape index (κ1) is 34.5. The van der Waals surface area contributed by atoms with Gasteiger partial charge in [0.2, 0.25) is 5.91 Å². The van der Waals surface area contributed by atoms with Crippen LogP contribution in [0, 0.1) is 11.3 Å². The fraction of sp³-hybridized carbons (Fsp3) is 0.378. The number of ketones is 1. The normalized spacial score (nSPS) is 13.1. The summed E-state index contributed by atoms with van der Waals surface area (Å²) in [5.41, 5.74) is 3.51. The number of aliphatic carboxylic acids is 1. The highest BCUT2D eigenvalue weighted by atomic mass is 32.1. The van der Waals surface area contributed by atoms with Crippen LogP contribution in [0.5, 0.6) is 5.75 Å². The molecule has 0 aliphatic rings. The molecule has 2 atom stereocenters. The number of carboxylic acid groups (broad SMARTS) is 1. The van der Waals surface area contributed by atoms with E-state index in [1.807, 2.05) is 54.6 Å². The molecule has 0 fully saturated rings. The zero-order valence-corrected chi connectivity index (χ0v) is 28.4. The first-order chi connectivity index (χ1) is 21.6. The third kappa shape index (κ3) is 9.57. The third-order valence-corrected chi connectivity index (χ3v) is 8.91. The molecule has 2 aromatic heterocycles. The van der Waals surface area contributed by atoms with Gasteiger partial charge in [-0.1, -0.05) is 77.9 Å². The van der Waals surface area contributed by atoms with Crippen molar-refractivity contribution < 1.29 is 24.2 Å². The molecule has 242 valence electrons. The lowest BCUT2D eigenvalue weighted by atomic mass is 9.92. The maximum Gasteiger partial charge on any atom is 0.325 e. The van der Waals surface area contributed by atoms with Crippen LogP contribution in [0.4, 0.5) is 0 Å². The highest BCUT2D eigenvalue weighted by Crippen LogP contribution is 2.31. The maximum atomic E-state index is 13.3. The van der Waals surface area contributed by atoms with Crippen LogP contribution in [-0.2, 0) is 21.4 Å². The van der Waals surface area contributed by atoms with E-state index in [0.29, 0.717) is 17.3 Å². The van der Waals surface area contributed by atoms with E-state index in [2.05, 4.69) is 56.8 Å². The Morgan fingerprint density at radius 3 is 2.00 bits per heavy atom. The molecule has 4 rings (SSSR count). The summed E-state index contributed by atoms with van der Waals surface area (Å²) >= 11 is 1.43. The number of rotatable bonds is 12. The second-order valence-electron chi connectivity index (χ2n) is 13.9. The Hall–Kier alpha value is -4.37. The third-order valence-electron chi connectivity index (χ3n) is 7.36. The molecule has 2 N–H and O–H groups in total. The largest absolute Gasteiger partial charge is 0.493 e. The molecule has 1 amide bonds. The van der Waals surface area contributed by atoms with E-state index in [9.17, 15) is 19.5 Å². The first-order valence-corrected chi connectivity index (χ1v) is 16.2. The van der Waals surface area contributed by atoms with Crippen molar-refractivity contribution in [3.05, 3.63) is 88.4 Å². The predicted octanol–water partition coefficient (Wildman–Crippen LogP) is 7.62. The zero-order valence-electron chi connectivity index (χ0n) is 27.6. The number of carbonyl (C=O) groups is 3. The molecule has 0 spiro atoms. The number of nitrogens with one attached hydrogen (secondary N) is 1. The molecule has 0 unspecified atom stereocenters. The monoisotopic (exact) mass is 641 g/mol. The number of Topliss-reactive ketones (excluding diaryl/α,β-unsaturated/α-hetero) is 1. The molecule has 8 nitrogen and oxygen atoms in total. The standard InChI is InChI=1S/C37H43N3O5S/c1-23(35(43)44)40-34(42)27(19-30(41)31-16-17-32(46-31)37(5,6)7)18-24-8-10-26(11-9-24)33-38-20-28(21-39-33)25-12-14-29(15-13-25)45-22-36(2,3)4/h8-17,20-21,23,27H,18-19,22H2,1-7H3,(H,40,42)(H,43,44)/t23-,27-/m1/s1. The summed E-state index contributed by atoms with van der Waals surface area (Å²) in [6, 6.07) is 18.1. The van der Waals surface area contributed by atoms with Crippen molar-refractivity contribution in [2.75, 3.05) is 6.61 Å². The van der Waals surface area contributed by atoms with Crippen LogP contribution in [0.15, 0.2) is 73.1 Å². The van der Waals surface area contributed by atoms with Gasteiger partial charge in [0.15, 0.2) is 11.6 Å². The van der Waals surface area contributed by atoms with Crippen LogP contribution in [0.25, 0.3) is 22.5 Å². The fourth-order valence-corrected chi connectivity index (χ4v) is 5.62. The van der Waals surface area contributed by atoms with Gasteiger partial charge in [-0.2, -0.15) is 0 Å². The van der Waals surface area contributed by atoms with Gasteiger partial charge in [-0.05, 0) is 59.6 Å². The van der Waals surface area contributed by atoms with E-state index >= 15 is 0 Å². The smallest absolute Gasteiger partial charge is 0.325 e. The number of carbonyl (C=O) groups excluding carboxylic acids is 2. The van der Waals surface area contributed by atoms with Crippen LogP contribution in [0.2, 0.25) is 0 Å². The number of amides is 1. The lowest BCUT2D eigenvalue weighted by Gasteiger charge is -2.19. The average molecular weight is 642 g/mol. The molecule has 0 bridgehead atoms. The summed E-state index contributed by atoms with van der Waals surface area (Å²) in [7, 11) is 0.